The van der Waals surface area contributed by atoms with Crippen LogP contribution in [0.4, 0.5) is 0 Å². The Bertz CT molecular complexity index is 358. The van der Waals surface area contributed by atoms with Crippen molar-refractivity contribution in [2.75, 3.05) is 0 Å². The number of allylic oxidation sites excluding steroid dienone is 8. The van der Waals surface area contributed by atoms with E-state index in [9.17, 15) is 4.79 Å². The van der Waals surface area contributed by atoms with Gasteiger partial charge in [0.25, 0.3) is 0 Å². The molecule has 0 saturated heterocycles. The van der Waals surface area contributed by atoms with Crippen LogP contribution in [0.15, 0.2) is 48.6 Å². The number of hydrogen-bond acceptors (Lipinski definition) is 1. The molecule has 0 aliphatic rings. The van der Waals surface area contributed by atoms with E-state index >= 15 is 0 Å². The van der Waals surface area contributed by atoms with Gasteiger partial charge in [0.05, 0.1) is 0 Å². The van der Waals surface area contributed by atoms with Crippen molar-refractivity contribution in [3.63, 3.8) is 0 Å². The minimum atomic E-state index is 0.288. The van der Waals surface area contributed by atoms with Crippen LogP contribution in [0.25, 0.3) is 0 Å². The van der Waals surface area contributed by atoms with Crippen molar-refractivity contribution in [1.29, 1.82) is 0 Å². The van der Waals surface area contributed by atoms with E-state index in [1.165, 1.54) is 25.7 Å². The van der Waals surface area contributed by atoms with Crippen molar-refractivity contribution in [3.05, 3.63) is 48.6 Å². The van der Waals surface area contributed by atoms with Gasteiger partial charge < -0.3 is 4.79 Å². The molecule has 0 fully saturated rings. The van der Waals surface area contributed by atoms with Gasteiger partial charge in [0, 0.05) is 6.42 Å². The number of hydrogen-bond donors (Lipinski definition) is 0. The summed E-state index contributed by atoms with van der Waals surface area (Å²) < 4.78 is 0. The molecule has 0 atom stereocenters. The standard InChI is InChI=1S/C21H34O/c1-3-4-5-6-7-8-9-10-11-12-13-14-15-16-17-18-19-20-21(2)22/h7-8,10-11,13-14,16-17H,3-6,9,12,15,18-20H2,1-2H3/b8-7+,11-10+,14-13+,17-16+. The average molecular weight is 303 g/mol. The van der Waals surface area contributed by atoms with Gasteiger partial charge in [0.1, 0.15) is 5.78 Å². The first-order chi connectivity index (χ1) is 10.8. The highest BCUT2D eigenvalue weighted by Crippen LogP contribution is 2.01. The molecule has 0 rings (SSSR count). The molecule has 0 heterocycles. The zero-order valence-corrected chi connectivity index (χ0v) is 14.6. The Balaban J connectivity index is 3.40. The lowest BCUT2D eigenvalue weighted by molar-refractivity contribution is -0.117. The van der Waals surface area contributed by atoms with Gasteiger partial charge >= 0.3 is 0 Å². The quantitative estimate of drug-likeness (QED) is 0.257. The van der Waals surface area contributed by atoms with Crippen LogP contribution >= 0.6 is 0 Å². The van der Waals surface area contributed by atoms with Gasteiger partial charge in [-0.3, -0.25) is 0 Å². The minimum Gasteiger partial charge on any atom is -0.300 e. The van der Waals surface area contributed by atoms with Crippen LogP contribution in [0.5, 0.6) is 0 Å². The summed E-state index contributed by atoms with van der Waals surface area (Å²) >= 11 is 0. The monoisotopic (exact) mass is 302 g/mol. The van der Waals surface area contributed by atoms with Crippen LogP contribution in [-0.4, -0.2) is 5.78 Å². The summed E-state index contributed by atoms with van der Waals surface area (Å²) in [6.45, 7) is 3.90. The van der Waals surface area contributed by atoms with Crippen molar-refractivity contribution >= 4 is 5.78 Å². The third kappa shape index (κ3) is 18.6. The predicted molar refractivity (Wildman–Crippen MR) is 99.1 cm³/mol. The van der Waals surface area contributed by atoms with E-state index in [2.05, 4.69) is 55.5 Å². The van der Waals surface area contributed by atoms with E-state index < -0.39 is 0 Å². The summed E-state index contributed by atoms with van der Waals surface area (Å²) in [5.74, 6) is 0.288. The fourth-order valence-corrected chi connectivity index (χ4v) is 2.03. The van der Waals surface area contributed by atoms with Gasteiger partial charge in [0.2, 0.25) is 0 Å². The third-order valence-electron chi connectivity index (χ3n) is 3.36. The molecule has 0 aromatic carbocycles. The van der Waals surface area contributed by atoms with Crippen molar-refractivity contribution in [3.8, 4) is 0 Å². The molecule has 22 heavy (non-hydrogen) atoms. The molecule has 0 N–H and O–H groups in total. The van der Waals surface area contributed by atoms with E-state index in [4.69, 9.17) is 0 Å². The van der Waals surface area contributed by atoms with Crippen LogP contribution in [0, 0.1) is 0 Å². The van der Waals surface area contributed by atoms with Crippen molar-refractivity contribution in [1.82, 2.24) is 0 Å². The van der Waals surface area contributed by atoms with Gasteiger partial charge in [-0.2, -0.15) is 0 Å². The highest BCUT2D eigenvalue weighted by molar-refractivity contribution is 5.75. The van der Waals surface area contributed by atoms with Gasteiger partial charge in [0.15, 0.2) is 0 Å². The largest absolute Gasteiger partial charge is 0.300 e. The smallest absolute Gasteiger partial charge is 0.129 e. The molecule has 0 aromatic heterocycles. The number of Topliss-reactive ketones (excluding diaryl/α,β-unsaturated/α-hetero) is 1. The Hall–Kier alpha value is -1.37. The molecule has 0 aliphatic heterocycles. The Morgan fingerprint density at radius 1 is 0.682 bits per heavy atom. The third-order valence-corrected chi connectivity index (χ3v) is 3.36. The van der Waals surface area contributed by atoms with Crippen LogP contribution in [0.3, 0.4) is 0 Å². The number of carbonyl (C=O) groups is 1. The maximum atomic E-state index is 10.8. The van der Waals surface area contributed by atoms with Crippen molar-refractivity contribution in [2.24, 2.45) is 0 Å². The summed E-state index contributed by atoms with van der Waals surface area (Å²) in [7, 11) is 0. The second kappa shape index (κ2) is 17.7. The first-order valence-electron chi connectivity index (χ1n) is 8.86. The van der Waals surface area contributed by atoms with Crippen molar-refractivity contribution in [2.45, 2.75) is 78.1 Å². The van der Waals surface area contributed by atoms with Crippen LogP contribution < -0.4 is 0 Å². The first-order valence-corrected chi connectivity index (χ1v) is 8.86. The Morgan fingerprint density at radius 3 is 1.59 bits per heavy atom. The average Bonchev–Trinajstić information content (AvgIpc) is 2.50. The molecule has 0 radical (unpaired) electrons. The first kappa shape index (κ1) is 20.6. The van der Waals surface area contributed by atoms with Crippen LogP contribution in [-0.2, 0) is 4.79 Å². The minimum absolute atomic E-state index is 0.288. The second-order valence-electron chi connectivity index (χ2n) is 5.68. The second-order valence-corrected chi connectivity index (χ2v) is 5.68. The zero-order valence-electron chi connectivity index (χ0n) is 14.6. The lowest BCUT2D eigenvalue weighted by Crippen LogP contribution is -1.87. The van der Waals surface area contributed by atoms with Gasteiger partial charge in [-0.15, -0.1) is 0 Å². The summed E-state index contributed by atoms with van der Waals surface area (Å²) in [6.07, 6.45) is 28.7. The van der Waals surface area contributed by atoms with E-state index in [-0.39, 0.29) is 5.78 Å². The molecule has 0 aromatic rings. The molecule has 0 amide bonds. The molecule has 0 bridgehead atoms. The maximum absolute atomic E-state index is 10.8. The summed E-state index contributed by atoms with van der Waals surface area (Å²) in [5.41, 5.74) is 0. The fraction of sp³-hybridized carbons (Fsp3) is 0.571. The Morgan fingerprint density at radius 2 is 1.14 bits per heavy atom. The molecular formula is C21H34O. The van der Waals surface area contributed by atoms with Crippen LogP contribution in [0.1, 0.15) is 78.1 Å². The summed E-state index contributed by atoms with van der Waals surface area (Å²) in [5, 5.41) is 0. The van der Waals surface area contributed by atoms with E-state index in [0.29, 0.717) is 6.42 Å². The summed E-state index contributed by atoms with van der Waals surface area (Å²) in [6, 6.07) is 0. The highest BCUT2D eigenvalue weighted by Gasteiger charge is 1.89. The molecule has 0 saturated carbocycles. The van der Waals surface area contributed by atoms with Crippen LogP contribution in [0.2, 0.25) is 0 Å². The molecule has 1 heteroatoms. The lowest BCUT2D eigenvalue weighted by atomic mass is 10.2. The number of unbranched alkanes of at least 4 members (excludes halogenated alkanes) is 4. The van der Waals surface area contributed by atoms with E-state index in [0.717, 1.165) is 32.1 Å². The van der Waals surface area contributed by atoms with Crippen molar-refractivity contribution < 1.29 is 4.79 Å². The van der Waals surface area contributed by atoms with Gasteiger partial charge in [-0.25, -0.2) is 0 Å². The van der Waals surface area contributed by atoms with E-state index in [1.54, 1.807) is 6.92 Å². The van der Waals surface area contributed by atoms with Gasteiger partial charge in [-0.1, -0.05) is 68.4 Å². The zero-order chi connectivity index (χ0) is 16.3. The Kier molecular flexibility index (Phi) is 16.6. The fourth-order valence-electron chi connectivity index (χ4n) is 2.03. The molecule has 0 unspecified atom stereocenters. The predicted octanol–water partition coefficient (Wildman–Crippen LogP) is 6.72. The molecular weight excluding hydrogens is 268 g/mol. The highest BCUT2D eigenvalue weighted by atomic mass is 16.1. The van der Waals surface area contributed by atoms with E-state index in [1.807, 2.05) is 0 Å². The molecule has 0 aliphatic carbocycles. The SMILES string of the molecule is CCCCC/C=C/C/C=C/C/C=C/C/C=C/CCCC(C)=O. The topological polar surface area (TPSA) is 17.1 Å². The molecule has 1 nitrogen and oxygen atoms in total. The summed E-state index contributed by atoms with van der Waals surface area (Å²) in [4.78, 5) is 10.8. The number of ketones is 1. The number of rotatable bonds is 14. The molecule has 0 spiro atoms. The normalized spacial score (nSPS) is 12.5. The number of carbonyl (C=O) groups excluding carboxylic acids is 1. The van der Waals surface area contributed by atoms with Gasteiger partial charge in [-0.05, 0) is 51.9 Å². The maximum Gasteiger partial charge on any atom is 0.129 e. The molecule has 124 valence electrons. The Labute approximate surface area is 137 Å². The lowest BCUT2D eigenvalue weighted by Gasteiger charge is -1.91.